The number of rotatable bonds is 6. The number of halogens is 2. The van der Waals surface area contributed by atoms with Crippen LogP contribution >= 0.6 is 11.3 Å². The van der Waals surface area contributed by atoms with Crippen LogP contribution in [0.5, 0.6) is 0 Å². The molecule has 6 nitrogen and oxygen atoms in total. The number of hydrogen-bond donors (Lipinski definition) is 1. The van der Waals surface area contributed by atoms with E-state index in [0.29, 0.717) is 6.54 Å². The van der Waals surface area contributed by atoms with Crippen LogP contribution < -0.4 is 5.32 Å². The molecule has 1 N–H and O–H groups in total. The number of anilines is 1. The van der Waals surface area contributed by atoms with Crippen molar-refractivity contribution in [1.82, 2.24) is 19.7 Å². The summed E-state index contributed by atoms with van der Waals surface area (Å²) >= 11 is 1.64. The SMILES string of the molecule is CC1=C(c2cc(C(=O)Nc3c(F)cccc3F)nn2C)CN(Cc2csc(-c3ccccc3)n2)CC1. The quantitative estimate of drug-likeness (QED) is 0.362. The minimum atomic E-state index is -0.835. The second-order valence-corrected chi connectivity index (χ2v) is 9.68. The number of thiazole rings is 1. The number of carbonyl (C=O) groups is 1. The molecule has 3 heterocycles. The third-order valence-electron chi connectivity index (χ3n) is 6.28. The Morgan fingerprint density at radius 3 is 2.61 bits per heavy atom. The molecule has 5 rings (SSSR count). The van der Waals surface area contributed by atoms with Crippen LogP contribution in [0.3, 0.4) is 0 Å². The van der Waals surface area contributed by atoms with Gasteiger partial charge in [0.1, 0.15) is 22.3 Å². The van der Waals surface area contributed by atoms with E-state index in [1.807, 2.05) is 18.2 Å². The summed E-state index contributed by atoms with van der Waals surface area (Å²) in [5.41, 5.74) is 4.87. The van der Waals surface area contributed by atoms with E-state index in [0.717, 1.165) is 59.2 Å². The second-order valence-electron chi connectivity index (χ2n) is 8.82. The van der Waals surface area contributed by atoms with Crippen molar-refractivity contribution >= 4 is 28.5 Å². The molecule has 36 heavy (non-hydrogen) atoms. The summed E-state index contributed by atoms with van der Waals surface area (Å²) in [6.07, 6.45) is 0.887. The molecule has 0 radical (unpaired) electrons. The number of nitrogens with zero attached hydrogens (tertiary/aromatic N) is 4. The minimum absolute atomic E-state index is 0.0968. The lowest BCUT2D eigenvalue weighted by atomic mass is 9.98. The van der Waals surface area contributed by atoms with Crippen molar-refractivity contribution in [2.75, 3.05) is 18.4 Å². The highest BCUT2D eigenvalue weighted by molar-refractivity contribution is 7.13. The van der Waals surface area contributed by atoms with Crippen molar-refractivity contribution in [3.05, 3.63) is 94.3 Å². The van der Waals surface area contributed by atoms with Gasteiger partial charge < -0.3 is 5.32 Å². The molecule has 4 aromatic rings. The van der Waals surface area contributed by atoms with E-state index in [2.05, 4.69) is 39.8 Å². The number of para-hydroxylation sites is 1. The van der Waals surface area contributed by atoms with Gasteiger partial charge in [0.15, 0.2) is 5.69 Å². The number of aromatic nitrogens is 3. The van der Waals surface area contributed by atoms with Crippen LogP contribution in [-0.2, 0) is 13.6 Å². The average Bonchev–Trinajstić information content (AvgIpc) is 3.50. The van der Waals surface area contributed by atoms with Crippen molar-refractivity contribution in [1.29, 1.82) is 0 Å². The van der Waals surface area contributed by atoms with Crippen LogP contribution in [0.1, 0.15) is 35.2 Å². The largest absolute Gasteiger partial charge is 0.316 e. The molecule has 1 amide bonds. The van der Waals surface area contributed by atoms with Crippen molar-refractivity contribution in [2.24, 2.45) is 7.05 Å². The van der Waals surface area contributed by atoms with Crippen molar-refractivity contribution in [2.45, 2.75) is 19.9 Å². The molecule has 0 fully saturated rings. The topological polar surface area (TPSA) is 63.1 Å². The average molecular weight is 506 g/mol. The van der Waals surface area contributed by atoms with Gasteiger partial charge in [-0.3, -0.25) is 14.4 Å². The molecule has 9 heteroatoms. The molecule has 0 atom stereocenters. The zero-order chi connectivity index (χ0) is 25.2. The van der Waals surface area contributed by atoms with Crippen LogP contribution in [0.25, 0.3) is 16.1 Å². The van der Waals surface area contributed by atoms with Gasteiger partial charge in [0.2, 0.25) is 0 Å². The molecule has 2 aromatic heterocycles. The monoisotopic (exact) mass is 505 g/mol. The van der Waals surface area contributed by atoms with E-state index in [4.69, 9.17) is 4.98 Å². The van der Waals surface area contributed by atoms with E-state index in [-0.39, 0.29) is 5.69 Å². The number of nitrogens with one attached hydrogen (secondary N) is 1. The molecule has 2 aromatic carbocycles. The van der Waals surface area contributed by atoms with E-state index >= 15 is 0 Å². The Hall–Kier alpha value is -3.69. The van der Waals surface area contributed by atoms with Crippen molar-refractivity contribution < 1.29 is 13.6 Å². The predicted octanol–water partition coefficient (Wildman–Crippen LogP) is 5.75. The highest BCUT2D eigenvalue weighted by Crippen LogP contribution is 2.29. The molecule has 0 saturated carbocycles. The van der Waals surface area contributed by atoms with Gasteiger partial charge in [0, 0.05) is 37.6 Å². The van der Waals surface area contributed by atoms with Crippen LogP contribution in [0.4, 0.5) is 14.5 Å². The zero-order valence-electron chi connectivity index (χ0n) is 20.0. The van der Waals surface area contributed by atoms with Crippen LogP contribution in [-0.4, -0.2) is 38.7 Å². The van der Waals surface area contributed by atoms with Gasteiger partial charge in [0.05, 0.1) is 11.4 Å². The first-order valence-corrected chi connectivity index (χ1v) is 12.5. The standard InChI is InChI=1S/C27H25F2N5OS/c1-17-11-12-34(14-19-16-36-27(30-19)18-7-4-3-5-8-18)15-20(17)24-13-23(32-33(24)2)26(35)31-25-21(28)9-6-10-22(25)29/h3-10,13,16H,11-12,14-15H2,1-2H3,(H,31,35). The van der Waals surface area contributed by atoms with Gasteiger partial charge in [-0.25, -0.2) is 13.8 Å². The summed E-state index contributed by atoms with van der Waals surface area (Å²) in [6, 6.07) is 15.2. The Bertz CT molecular complexity index is 1420. The molecule has 0 saturated heterocycles. The van der Waals surface area contributed by atoms with Gasteiger partial charge in [0.25, 0.3) is 5.91 Å². The van der Waals surface area contributed by atoms with Crippen LogP contribution in [0.2, 0.25) is 0 Å². The molecular formula is C27H25F2N5OS. The van der Waals surface area contributed by atoms with E-state index in [1.165, 1.54) is 11.6 Å². The van der Waals surface area contributed by atoms with Gasteiger partial charge in [-0.15, -0.1) is 11.3 Å². The number of carbonyl (C=O) groups excluding carboxylic acids is 1. The minimum Gasteiger partial charge on any atom is -0.316 e. The van der Waals surface area contributed by atoms with E-state index < -0.39 is 23.2 Å². The highest BCUT2D eigenvalue weighted by atomic mass is 32.1. The number of aryl methyl sites for hydroxylation is 1. The summed E-state index contributed by atoms with van der Waals surface area (Å²) in [6.45, 7) is 4.40. The first-order valence-electron chi connectivity index (χ1n) is 11.6. The van der Waals surface area contributed by atoms with Crippen molar-refractivity contribution in [3.63, 3.8) is 0 Å². The van der Waals surface area contributed by atoms with E-state index in [9.17, 15) is 13.6 Å². The third-order valence-corrected chi connectivity index (χ3v) is 7.22. The number of benzene rings is 2. The predicted molar refractivity (Wildman–Crippen MR) is 138 cm³/mol. The van der Waals surface area contributed by atoms with Gasteiger partial charge in [-0.05, 0) is 37.1 Å². The molecule has 0 spiro atoms. The smallest absolute Gasteiger partial charge is 0.276 e. The second kappa shape index (κ2) is 10.1. The summed E-state index contributed by atoms with van der Waals surface area (Å²) in [5, 5.41) is 9.73. The normalized spacial score (nSPS) is 14.3. The highest BCUT2D eigenvalue weighted by Gasteiger charge is 2.24. The summed E-state index contributed by atoms with van der Waals surface area (Å²) in [4.78, 5) is 19.9. The molecule has 1 aliphatic heterocycles. The third kappa shape index (κ3) is 4.98. The lowest BCUT2D eigenvalue weighted by molar-refractivity contribution is 0.102. The fourth-order valence-corrected chi connectivity index (χ4v) is 5.14. The van der Waals surface area contributed by atoms with Gasteiger partial charge in [-0.1, -0.05) is 42.0 Å². The summed E-state index contributed by atoms with van der Waals surface area (Å²) < 4.78 is 29.6. The Balaban J connectivity index is 1.31. The Morgan fingerprint density at radius 2 is 1.86 bits per heavy atom. The van der Waals surface area contributed by atoms with Crippen LogP contribution in [0, 0.1) is 11.6 Å². The van der Waals surface area contributed by atoms with Gasteiger partial charge >= 0.3 is 0 Å². The molecule has 0 bridgehead atoms. The number of amides is 1. The molecule has 184 valence electrons. The lowest BCUT2D eigenvalue weighted by Crippen LogP contribution is -2.31. The Labute approximate surface area is 211 Å². The molecule has 0 aliphatic carbocycles. The fraction of sp³-hybridized carbons (Fsp3) is 0.222. The number of hydrogen-bond acceptors (Lipinski definition) is 5. The Morgan fingerprint density at radius 1 is 1.11 bits per heavy atom. The van der Waals surface area contributed by atoms with Crippen LogP contribution in [0.15, 0.2) is 65.6 Å². The Kier molecular flexibility index (Phi) is 6.75. The van der Waals surface area contributed by atoms with Gasteiger partial charge in [-0.2, -0.15) is 5.10 Å². The summed E-state index contributed by atoms with van der Waals surface area (Å²) in [7, 11) is 1.77. The molecule has 0 unspecified atom stereocenters. The summed E-state index contributed by atoms with van der Waals surface area (Å²) in [5.74, 6) is -2.33. The first-order chi connectivity index (χ1) is 17.4. The molecule has 1 aliphatic rings. The molecular weight excluding hydrogens is 480 g/mol. The first kappa shape index (κ1) is 24.0. The fourth-order valence-electron chi connectivity index (χ4n) is 4.33. The lowest BCUT2D eigenvalue weighted by Gasteiger charge is -2.29. The van der Waals surface area contributed by atoms with Crippen molar-refractivity contribution in [3.8, 4) is 10.6 Å². The maximum atomic E-state index is 14.0. The van der Waals surface area contributed by atoms with E-state index in [1.54, 1.807) is 29.1 Å². The zero-order valence-corrected chi connectivity index (χ0v) is 20.8. The maximum Gasteiger partial charge on any atom is 0.276 e. The maximum absolute atomic E-state index is 14.0.